The molecule has 0 fully saturated rings. The lowest BCUT2D eigenvalue weighted by molar-refractivity contribution is 0.485. The van der Waals surface area contributed by atoms with Crippen LogP contribution < -0.4 is 0 Å². The van der Waals surface area contributed by atoms with E-state index in [1.165, 1.54) is 12.1 Å². The van der Waals surface area contributed by atoms with Gasteiger partial charge in [0.25, 0.3) is 0 Å². The van der Waals surface area contributed by atoms with Crippen LogP contribution in [0.5, 0.6) is 0 Å². The first-order valence-electron chi connectivity index (χ1n) is 12.2. The maximum absolute atomic E-state index is 15.4. The van der Waals surface area contributed by atoms with Crippen molar-refractivity contribution < 1.29 is 17.6 Å². The van der Waals surface area contributed by atoms with Gasteiger partial charge in [0.1, 0.15) is 23.3 Å². The molecule has 1 aliphatic rings. The highest BCUT2D eigenvalue weighted by Gasteiger charge is 2.37. The van der Waals surface area contributed by atoms with Gasteiger partial charge in [-0.25, -0.2) is 17.6 Å². The van der Waals surface area contributed by atoms with Crippen molar-refractivity contribution in [1.29, 1.82) is 0 Å². The van der Waals surface area contributed by atoms with Crippen molar-refractivity contribution in [3.8, 4) is 11.3 Å². The van der Waals surface area contributed by atoms with Crippen molar-refractivity contribution in [3.05, 3.63) is 118 Å². The maximum Gasteiger partial charge on any atom is 0.135 e. The fourth-order valence-electron chi connectivity index (χ4n) is 5.21. The van der Waals surface area contributed by atoms with Gasteiger partial charge in [-0.3, -0.25) is 9.97 Å². The van der Waals surface area contributed by atoms with E-state index in [1.807, 2.05) is 52.0 Å². The normalized spacial score (nSPS) is 17.0. The number of fused-ring (bicyclic) bond motifs is 9. The predicted octanol–water partition coefficient (Wildman–Crippen LogP) is 7.99. The summed E-state index contributed by atoms with van der Waals surface area (Å²) in [5.41, 5.74) is -0.128. The second kappa shape index (κ2) is 8.23. The van der Waals surface area contributed by atoms with Gasteiger partial charge in [0.15, 0.2) is 0 Å². The van der Waals surface area contributed by atoms with E-state index in [1.54, 1.807) is 26.0 Å². The van der Waals surface area contributed by atoms with Gasteiger partial charge in [0, 0.05) is 33.9 Å². The molecule has 6 heteroatoms. The first-order valence-corrected chi connectivity index (χ1v) is 12.2. The van der Waals surface area contributed by atoms with E-state index in [0.29, 0.717) is 22.8 Å². The van der Waals surface area contributed by atoms with E-state index in [9.17, 15) is 0 Å². The summed E-state index contributed by atoms with van der Waals surface area (Å²) < 4.78 is 61.2. The zero-order valence-electron chi connectivity index (χ0n) is 21.7. The van der Waals surface area contributed by atoms with E-state index < -0.39 is 39.5 Å². The van der Waals surface area contributed by atoms with Crippen LogP contribution in [0.4, 0.5) is 17.6 Å². The minimum Gasteiger partial charge on any atom is -0.256 e. The van der Waals surface area contributed by atoms with Crippen molar-refractivity contribution in [3.63, 3.8) is 0 Å². The Morgan fingerprint density at radius 2 is 0.946 bits per heavy atom. The Balaban J connectivity index is 1.94. The summed E-state index contributed by atoms with van der Waals surface area (Å²) in [6, 6.07) is 15.3. The standard InChI is InChI=1S/C31H28F4N2/c1-29(2)18-13-17(21(32)15-22(18)33)25-9-7-10-27(36-25)31(5,6)28-12-8-11-26(37-28)30(3,4)20-14-19(29)23(34)16-24(20)35/h7-16H,1-6H3. The molecular weight excluding hydrogens is 476 g/mol. The zero-order valence-corrected chi connectivity index (χ0v) is 21.7. The van der Waals surface area contributed by atoms with Crippen molar-refractivity contribution in [2.75, 3.05) is 0 Å². The number of nitrogens with zero attached hydrogens (tertiary/aromatic N) is 2. The molecule has 0 radical (unpaired) electrons. The second-order valence-corrected chi connectivity index (χ2v) is 11.3. The molecule has 0 saturated carbocycles. The number of pyridine rings is 2. The highest BCUT2D eigenvalue weighted by Crippen LogP contribution is 2.42. The lowest BCUT2D eigenvalue weighted by Gasteiger charge is -2.32. The van der Waals surface area contributed by atoms with Gasteiger partial charge in [-0.1, -0.05) is 39.8 Å². The van der Waals surface area contributed by atoms with Crippen LogP contribution in [0.3, 0.4) is 0 Å². The van der Waals surface area contributed by atoms with E-state index in [-0.39, 0.29) is 22.3 Å². The highest BCUT2D eigenvalue weighted by molar-refractivity contribution is 5.63. The molecule has 2 aromatic carbocycles. The number of halogens is 4. The Morgan fingerprint density at radius 3 is 1.57 bits per heavy atom. The summed E-state index contributed by atoms with van der Waals surface area (Å²) in [5, 5.41) is 0. The largest absolute Gasteiger partial charge is 0.256 e. The fourth-order valence-corrected chi connectivity index (χ4v) is 5.21. The molecular formula is C31H28F4N2. The molecule has 0 amide bonds. The van der Waals surface area contributed by atoms with Crippen molar-refractivity contribution in [1.82, 2.24) is 9.97 Å². The van der Waals surface area contributed by atoms with Crippen LogP contribution in [-0.2, 0) is 16.2 Å². The van der Waals surface area contributed by atoms with Gasteiger partial charge in [0.2, 0.25) is 0 Å². The van der Waals surface area contributed by atoms with Crippen LogP contribution in [0.25, 0.3) is 11.3 Å². The van der Waals surface area contributed by atoms with Crippen LogP contribution in [0.2, 0.25) is 0 Å². The minimum absolute atomic E-state index is 0.0817. The third kappa shape index (κ3) is 3.85. The molecule has 37 heavy (non-hydrogen) atoms. The summed E-state index contributed by atoms with van der Waals surface area (Å²) in [7, 11) is 0. The van der Waals surface area contributed by atoms with Gasteiger partial charge < -0.3 is 0 Å². The van der Waals surface area contributed by atoms with E-state index in [4.69, 9.17) is 9.97 Å². The minimum atomic E-state index is -1.26. The molecule has 3 heterocycles. The molecule has 0 aliphatic carbocycles. The van der Waals surface area contributed by atoms with Crippen LogP contribution in [0.15, 0.2) is 60.7 Å². The summed E-state index contributed by atoms with van der Waals surface area (Å²) in [6.45, 7) is 10.9. The van der Waals surface area contributed by atoms with Crippen LogP contribution in [-0.4, -0.2) is 9.97 Å². The Bertz CT molecular complexity index is 1550. The average molecular weight is 505 g/mol. The molecule has 0 N–H and O–H groups in total. The fraction of sp³-hybridized carbons (Fsp3) is 0.290. The maximum atomic E-state index is 15.4. The van der Waals surface area contributed by atoms with Gasteiger partial charge in [-0.05, 0) is 66.9 Å². The lowest BCUT2D eigenvalue weighted by atomic mass is 9.73. The van der Waals surface area contributed by atoms with Crippen molar-refractivity contribution in [2.24, 2.45) is 0 Å². The molecule has 2 nitrogen and oxygen atoms in total. The molecule has 0 unspecified atom stereocenters. The zero-order chi connectivity index (χ0) is 26.9. The molecule has 5 rings (SSSR count). The van der Waals surface area contributed by atoms with E-state index in [0.717, 1.165) is 12.1 Å². The SMILES string of the molecule is CC1(C)c2cccc(n2)-c2cc(c(F)cc2F)C(C)(C)c2cc(c(F)cc2F)C(C)(C)c2cccc1n2. The number of rotatable bonds is 0. The van der Waals surface area contributed by atoms with Gasteiger partial charge >= 0.3 is 0 Å². The summed E-state index contributed by atoms with van der Waals surface area (Å²) in [5.74, 6) is -3.11. The van der Waals surface area contributed by atoms with E-state index >= 15 is 17.6 Å². The van der Waals surface area contributed by atoms with Crippen molar-refractivity contribution >= 4 is 0 Å². The summed E-state index contributed by atoms with van der Waals surface area (Å²) in [4.78, 5) is 9.68. The third-order valence-electron chi connectivity index (χ3n) is 7.83. The molecule has 2 aromatic heterocycles. The highest BCUT2D eigenvalue weighted by atomic mass is 19.1. The van der Waals surface area contributed by atoms with Crippen molar-refractivity contribution in [2.45, 2.75) is 57.8 Å². The van der Waals surface area contributed by atoms with Gasteiger partial charge in [-0.2, -0.15) is 0 Å². The van der Waals surface area contributed by atoms with Crippen LogP contribution >= 0.6 is 0 Å². The topological polar surface area (TPSA) is 25.8 Å². The third-order valence-corrected chi connectivity index (χ3v) is 7.83. The molecule has 1 aliphatic heterocycles. The molecule has 4 aromatic rings. The van der Waals surface area contributed by atoms with Crippen LogP contribution in [0, 0.1) is 23.3 Å². The smallest absolute Gasteiger partial charge is 0.135 e. The predicted molar refractivity (Wildman–Crippen MR) is 137 cm³/mol. The van der Waals surface area contributed by atoms with E-state index in [2.05, 4.69) is 0 Å². The molecule has 0 spiro atoms. The Labute approximate surface area is 214 Å². The molecule has 190 valence electrons. The monoisotopic (exact) mass is 504 g/mol. The first kappa shape index (κ1) is 25.1. The number of benzene rings is 2. The first-order chi connectivity index (χ1) is 17.2. The van der Waals surface area contributed by atoms with Gasteiger partial charge in [0.05, 0.1) is 22.8 Å². The summed E-state index contributed by atoms with van der Waals surface area (Å²) in [6.07, 6.45) is 0. The number of hydrogen-bond donors (Lipinski definition) is 0. The number of aromatic nitrogens is 2. The van der Waals surface area contributed by atoms with Gasteiger partial charge in [-0.15, -0.1) is 0 Å². The van der Waals surface area contributed by atoms with Crippen LogP contribution in [0.1, 0.15) is 75.3 Å². The Hall–Kier alpha value is -3.54. The number of hydrogen-bond acceptors (Lipinski definition) is 2. The Morgan fingerprint density at radius 1 is 0.486 bits per heavy atom. The molecule has 0 saturated heterocycles. The lowest BCUT2D eigenvalue weighted by Crippen LogP contribution is -2.28. The Kier molecular flexibility index (Phi) is 5.59. The molecule has 0 atom stereocenters. The molecule has 8 bridgehead atoms. The second-order valence-electron chi connectivity index (χ2n) is 11.3. The average Bonchev–Trinajstić information content (AvgIpc) is 2.83. The summed E-state index contributed by atoms with van der Waals surface area (Å²) >= 11 is 0. The quantitative estimate of drug-likeness (QED) is 0.227.